The molecular weight excluding hydrogens is 336 g/mol. The summed E-state index contributed by atoms with van der Waals surface area (Å²) in [5.74, 6) is -0.131. The van der Waals surface area contributed by atoms with Crippen LogP contribution in [-0.2, 0) is 4.79 Å². The first-order chi connectivity index (χ1) is 9.64. The molecule has 116 valence electrons. The van der Waals surface area contributed by atoms with Gasteiger partial charge in [-0.15, -0.1) is 0 Å². The van der Waals surface area contributed by atoms with Gasteiger partial charge in [-0.2, -0.15) is 0 Å². The third kappa shape index (κ3) is 5.34. The zero-order chi connectivity index (χ0) is 16.2. The topological polar surface area (TPSA) is 83.1 Å². The molecule has 1 aromatic heterocycles. The largest absolute Gasteiger partial charge is 0.372 e. The van der Waals surface area contributed by atoms with E-state index in [1.807, 2.05) is 20.8 Å². The van der Waals surface area contributed by atoms with Gasteiger partial charge in [0.25, 0.3) is 5.91 Å². The third-order valence-corrected chi connectivity index (χ3v) is 3.01. The van der Waals surface area contributed by atoms with Crippen molar-refractivity contribution in [2.75, 3.05) is 12.4 Å². The molecule has 0 saturated heterocycles. The van der Waals surface area contributed by atoms with Crippen LogP contribution in [-0.4, -0.2) is 35.4 Å². The molecule has 0 aliphatic carbocycles. The first-order valence-electron chi connectivity index (χ1n) is 6.60. The zero-order valence-electron chi connectivity index (χ0n) is 12.9. The lowest BCUT2D eigenvalue weighted by molar-refractivity contribution is -0.124. The second-order valence-electron chi connectivity index (χ2n) is 5.73. The van der Waals surface area contributed by atoms with Crippen LogP contribution in [0.15, 0.2) is 16.7 Å². The van der Waals surface area contributed by atoms with Crippen LogP contribution >= 0.6 is 15.9 Å². The zero-order valence-corrected chi connectivity index (χ0v) is 14.5. The van der Waals surface area contributed by atoms with Crippen LogP contribution in [0.1, 0.15) is 38.1 Å². The fourth-order valence-electron chi connectivity index (χ4n) is 1.63. The highest BCUT2D eigenvalue weighted by Crippen LogP contribution is 2.17. The van der Waals surface area contributed by atoms with E-state index < -0.39 is 6.04 Å². The van der Waals surface area contributed by atoms with Crippen molar-refractivity contribution in [3.63, 3.8) is 0 Å². The van der Waals surface area contributed by atoms with Gasteiger partial charge in [0.1, 0.15) is 11.9 Å². The van der Waals surface area contributed by atoms with Crippen molar-refractivity contribution in [3.05, 3.63) is 22.3 Å². The summed E-state index contributed by atoms with van der Waals surface area (Å²) in [4.78, 5) is 28.4. The minimum Gasteiger partial charge on any atom is -0.372 e. The van der Waals surface area contributed by atoms with Gasteiger partial charge in [0.2, 0.25) is 5.91 Å². The van der Waals surface area contributed by atoms with E-state index >= 15 is 0 Å². The number of aromatic nitrogens is 1. The van der Waals surface area contributed by atoms with Crippen molar-refractivity contribution in [3.8, 4) is 0 Å². The molecule has 2 amide bonds. The molecule has 1 unspecified atom stereocenters. The van der Waals surface area contributed by atoms with Gasteiger partial charge >= 0.3 is 0 Å². The van der Waals surface area contributed by atoms with E-state index in [9.17, 15) is 9.59 Å². The van der Waals surface area contributed by atoms with Crippen LogP contribution in [0.25, 0.3) is 0 Å². The second-order valence-corrected chi connectivity index (χ2v) is 6.65. The molecule has 0 aromatic carbocycles. The Morgan fingerprint density at radius 3 is 2.48 bits per heavy atom. The smallest absolute Gasteiger partial charge is 0.255 e. The maximum atomic E-state index is 12.3. The maximum absolute atomic E-state index is 12.3. The highest BCUT2D eigenvalue weighted by Gasteiger charge is 2.22. The summed E-state index contributed by atoms with van der Waals surface area (Å²) < 4.78 is 0.693. The predicted molar refractivity (Wildman–Crippen MR) is 86.3 cm³/mol. The number of amides is 2. The highest BCUT2D eigenvalue weighted by atomic mass is 79.9. The third-order valence-electron chi connectivity index (χ3n) is 2.57. The fraction of sp³-hybridized carbons (Fsp3) is 0.500. The summed E-state index contributed by atoms with van der Waals surface area (Å²) >= 11 is 3.28. The Morgan fingerprint density at radius 1 is 1.33 bits per heavy atom. The number of nitrogens with one attached hydrogen (secondary N) is 3. The summed E-state index contributed by atoms with van der Waals surface area (Å²) in [6, 6.07) is 1.02. The molecule has 0 fully saturated rings. The van der Waals surface area contributed by atoms with E-state index in [1.54, 1.807) is 26.2 Å². The Balaban J connectivity index is 2.81. The number of rotatable bonds is 4. The molecule has 1 heterocycles. The van der Waals surface area contributed by atoms with Crippen molar-refractivity contribution >= 4 is 33.6 Å². The number of nitrogens with zero attached hydrogens (tertiary/aromatic N) is 1. The fourth-order valence-corrected chi connectivity index (χ4v) is 1.96. The summed E-state index contributed by atoms with van der Waals surface area (Å²) in [6.07, 6.45) is 1.60. The molecular formula is C14H21BrN4O2. The van der Waals surface area contributed by atoms with Gasteiger partial charge in [-0.25, -0.2) is 4.98 Å². The molecule has 21 heavy (non-hydrogen) atoms. The average molecular weight is 357 g/mol. The van der Waals surface area contributed by atoms with Crippen LogP contribution in [0.2, 0.25) is 0 Å². The molecule has 7 heteroatoms. The SMILES string of the molecule is CNc1ncc(Br)cc1C(=O)NC(C)C(=O)NC(C)(C)C. The molecule has 1 aromatic rings. The van der Waals surface area contributed by atoms with E-state index in [2.05, 4.69) is 36.9 Å². The van der Waals surface area contributed by atoms with Crippen LogP contribution in [0, 0.1) is 0 Å². The first-order valence-corrected chi connectivity index (χ1v) is 7.39. The lowest BCUT2D eigenvalue weighted by Crippen LogP contribution is -2.50. The Bertz CT molecular complexity index is 540. The van der Waals surface area contributed by atoms with E-state index in [0.29, 0.717) is 15.9 Å². The van der Waals surface area contributed by atoms with Crippen LogP contribution in [0.5, 0.6) is 0 Å². The van der Waals surface area contributed by atoms with E-state index in [-0.39, 0.29) is 17.4 Å². The predicted octanol–water partition coefficient (Wildman–Crippen LogP) is 1.92. The van der Waals surface area contributed by atoms with E-state index in [0.717, 1.165) is 0 Å². The number of anilines is 1. The molecule has 1 atom stereocenters. The number of pyridine rings is 1. The van der Waals surface area contributed by atoms with Gasteiger partial charge in [-0.05, 0) is 49.7 Å². The summed E-state index contributed by atoms with van der Waals surface area (Å²) in [6.45, 7) is 7.30. The van der Waals surface area contributed by atoms with Crippen molar-refractivity contribution in [2.24, 2.45) is 0 Å². The number of carbonyl (C=O) groups excluding carboxylic acids is 2. The molecule has 0 spiro atoms. The minimum atomic E-state index is -0.639. The monoisotopic (exact) mass is 356 g/mol. The molecule has 0 aliphatic rings. The van der Waals surface area contributed by atoms with Gasteiger partial charge < -0.3 is 16.0 Å². The number of hydrogen-bond acceptors (Lipinski definition) is 4. The van der Waals surface area contributed by atoms with E-state index in [1.165, 1.54) is 0 Å². The van der Waals surface area contributed by atoms with Crippen molar-refractivity contribution in [2.45, 2.75) is 39.3 Å². The second kappa shape index (κ2) is 6.89. The summed E-state index contributed by atoms with van der Waals surface area (Å²) in [5, 5.41) is 8.34. The van der Waals surface area contributed by atoms with Gasteiger partial charge in [-0.1, -0.05) is 0 Å². The van der Waals surface area contributed by atoms with Crippen LogP contribution < -0.4 is 16.0 Å². The minimum absolute atomic E-state index is 0.232. The van der Waals surface area contributed by atoms with E-state index in [4.69, 9.17) is 0 Å². The van der Waals surface area contributed by atoms with Crippen LogP contribution in [0.4, 0.5) is 5.82 Å². The summed E-state index contributed by atoms with van der Waals surface area (Å²) in [7, 11) is 1.68. The average Bonchev–Trinajstić information content (AvgIpc) is 2.36. The molecule has 0 bridgehead atoms. The molecule has 0 saturated carbocycles. The van der Waals surface area contributed by atoms with Crippen molar-refractivity contribution in [1.29, 1.82) is 0 Å². The molecule has 1 rings (SSSR count). The van der Waals surface area contributed by atoms with Gasteiger partial charge in [-0.3, -0.25) is 9.59 Å². The van der Waals surface area contributed by atoms with Crippen LogP contribution in [0.3, 0.4) is 0 Å². The summed E-state index contributed by atoms with van der Waals surface area (Å²) in [5.41, 5.74) is 0.0334. The van der Waals surface area contributed by atoms with Crippen molar-refractivity contribution in [1.82, 2.24) is 15.6 Å². The Hall–Kier alpha value is -1.63. The standard InChI is InChI=1S/C14H21BrN4O2/c1-8(12(20)19-14(2,3)4)18-13(21)10-6-9(15)7-17-11(10)16-5/h6-8H,1-5H3,(H,16,17)(H,18,21)(H,19,20). The number of hydrogen-bond donors (Lipinski definition) is 3. The number of halogens is 1. The van der Waals surface area contributed by atoms with Gasteiger partial charge in [0.15, 0.2) is 0 Å². The lowest BCUT2D eigenvalue weighted by atomic mass is 10.1. The Labute approximate surface area is 133 Å². The Kier molecular flexibility index (Phi) is 5.71. The maximum Gasteiger partial charge on any atom is 0.255 e. The normalized spacial score (nSPS) is 12.5. The van der Waals surface area contributed by atoms with Gasteiger partial charge in [0.05, 0.1) is 5.56 Å². The van der Waals surface area contributed by atoms with Gasteiger partial charge in [0, 0.05) is 23.3 Å². The molecule has 0 aliphatic heterocycles. The number of carbonyl (C=O) groups is 2. The molecule has 6 nitrogen and oxygen atoms in total. The lowest BCUT2D eigenvalue weighted by Gasteiger charge is -2.23. The quantitative estimate of drug-likeness (QED) is 0.769. The molecule has 3 N–H and O–H groups in total. The highest BCUT2D eigenvalue weighted by molar-refractivity contribution is 9.10. The molecule has 0 radical (unpaired) electrons. The first kappa shape index (κ1) is 17.4. The van der Waals surface area contributed by atoms with Crippen molar-refractivity contribution < 1.29 is 9.59 Å². The Morgan fingerprint density at radius 2 is 1.95 bits per heavy atom.